The maximum absolute atomic E-state index is 12.3. The zero-order valence-corrected chi connectivity index (χ0v) is 13.0. The molecule has 0 aliphatic carbocycles. The minimum absolute atomic E-state index is 0.0565. The Hall–Kier alpha value is -2.57. The number of carbonyl (C=O) groups is 1. The van der Waals surface area contributed by atoms with E-state index in [-0.39, 0.29) is 13.6 Å². The second-order valence-corrected chi connectivity index (χ2v) is 4.50. The van der Waals surface area contributed by atoms with E-state index in [1.165, 1.54) is 14.2 Å². The summed E-state index contributed by atoms with van der Waals surface area (Å²) in [5.74, 6) is 0.808. The first-order valence-electron chi connectivity index (χ1n) is 6.88. The summed E-state index contributed by atoms with van der Waals surface area (Å²) in [6.07, 6.45) is 0. The number of benzene rings is 2. The Morgan fingerprint density at radius 3 is 1.91 bits per heavy atom. The van der Waals surface area contributed by atoms with Crippen molar-refractivity contribution in [3.63, 3.8) is 0 Å². The molecule has 6 heteroatoms. The highest BCUT2D eigenvalue weighted by atomic mass is 16.7. The summed E-state index contributed by atoms with van der Waals surface area (Å²) in [6, 6.07) is 13.6. The Morgan fingerprint density at radius 2 is 1.39 bits per heavy atom. The van der Waals surface area contributed by atoms with Crippen molar-refractivity contribution in [2.45, 2.75) is 0 Å². The molecule has 0 saturated heterocycles. The summed E-state index contributed by atoms with van der Waals surface area (Å²) in [6.45, 7) is 0.113. The molecule has 0 saturated carbocycles. The van der Waals surface area contributed by atoms with Gasteiger partial charge in [0.1, 0.15) is 17.2 Å². The Morgan fingerprint density at radius 1 is 0.826 bits per heavy atom. The first-order valence-corrected chi connectivity index (χ1v) is 6.88. The zero-order valence-electron chi connectivity index (χ0n) is 13.0. The van der Waals surface area contributed by atoms with Crippen LogP contribution in [0.1, 0.15) is 10.4 Å². The fourth-order valence-electron chi connectivity index (χ4n) is 1.76. The van der Waals surface area contributed by atoms with E-state index in [0.29, 0.717) is 22.8 Å². The Labute approximate surface area is 134 Å². The van der Waals surface area contributed by atoms with Crippen LogP contribution in [-0.4, -0.2) is 33.8 Å². The number of hydrogen-bond acceptors (Lipinski definition) is 6. The molecular formula is C17H18O6. The molecule has 2 aromatic rings. The zero-order chi connectivity index (χ0) is 16.5. The van der Waals surface area contributed by atoms with Gasteiger partial charge in [-0.2, -0.15) is 0 Å². The Balaban J connectivity index is 2.18. The monoisotopic (exact) mass is 318 g/mol. The molecule has 0 spiro atoms. The minimum atomic E-state index is -0.513. The van der Waals surface area contributed by atoms with E-state index in [1.807, 2.05) is 6.07 Å². The first-order chi connectivity index (χ1) is 11.2. The fraction of sp³-hybridized carbons (Fsp3) is 0.235. The Kier molecular flexibility index (Phi) is 6.40. The largest absolute Gasteiger partial charge is 0.467 e. The van der Waals surface area contributed by atoms with Crippen molar-refractivity contribution >= 4 is 5.97 Å². The van der Waals surface area contributed by atoms with Crippen molar-refractivity contribution in [1.82, 2.24) is 0 Å². The molecule has 0 heterocycles. The van der Waals surface area contributed by atoms with E-state index in [2.05, 4.69) is 0 Å². The average Bonchev–Trinajstić information content (AvgIpc) is 2.59. The van der Waals surface area contributed by atoms with Crippen molar-refractivity contribution in [3.05, 3.63) is 54.1 Å². The highest BCUT2D eigenvalue weighted by Gasteiger charge is 2.13. The molecule has 0 radical (unpaired) electrons. The van der Waals surface area contributed by atoms with Crippen LogP contribution in [0.5, 0.6) is 17.2 Å². The summed E-state index contributed by atoms with van der Waals surface area (Å²) in [7, 11) is 3.02. The molecule has 0 aliphatic heterocycles. The normalized spacial score (nSPS) is 10.2. The average molecular weight is 318 g/mol. The molecule has 23 heavy (non-hydrogen) atoms. The van der Waals surface area contributed by atoms with Crippen LogP contribution in [0.3, 0.4) is 0 Å². The molecule has 0 amide bonds. The van der Waals surface area contributed by atoms with E-state index >= 15 is 0 Å². The van der Waals surface area contributed by atoms with Gasteiger partial charge in [-0.3, -0.25) is 0 Å². The lowest BCUT2D eigenvalue weighted by molar-refractivity contribution is 0.0455. The number of hydrogen-bond donors (Lipinski definition) is 0. The molecule has 0 atom stereocenters. The van der Waals surface area contributed by atoms with Crippen molar-refractivity contribution in [2.75, 3.05) is 27.8 Å². The highest BCUT2D eigenvalue weighted by molar-refractivity contribution is 5.92. The number of ether oxygens (including phenoxy) is 5. The smallest absolute Gasteiger partial charge is 0.343 e. The van der Waals surface area contributed by atoms with E-state index < -0.39 is 5.97 Å². The molecule has 122 valence electrons. The molecular weight excluding hydrogens is 300 g/mol. The van der Waals surface area contributed by atoms with Crippen LogP contribution >= 0.6 is 0 Å². The third kappa shape index (κ3) is 5.28. The number of esters is 1. The van der Waals surface area contributed by atoms with Crippen LogP contribution in [0.2, 0.25) is 0 Å². The third-order valence-corrected chi connectivity index (χ3v) is 2.76. The number of rotatable bonds is 8. The van der Waals surface area contributed by atoms with Gasteiger partial charge in [-0.15, -0.1) is 0 Å². The van der Waals surface area contributed by atoms with E-state index in [0.717, 1.165) is 0 Å². The van der Waals surface area contributed by atoms with Gasteiger partial charge >= 0.3 is 5.97 Å². The van der Waals surface area contributed by atoms with Gasteiger partial charge in [-0.05, 0) is 24.3 Å². The third-order valence-electron chi connectivity index (χ3n) is 2.76. The minimum Gasteiger partial charge on any atom is -0.467 e. The summed E-state index contributed by atoms with van der Waals surface area (Å²) >= 11 is 0. The molecule has 2 aromatic carbocycles. The van der Waals surface area contributed by atoms with Crippen LogP contribution in [-0.2, 0) is 9.47 Å². The highest BCUT2D eigenvalue weighted by Crippen LogP contribution is 2.24. The predicted octanol–water partition coefficient (Wildman–Crippen LogP) is 2.87. The number of carbonyl (C=O) groups excluding carboxylic acids is 1. The molecule has 2 rings (SSSR count). The van der Waals surface area contributed by atoms with Crippen molar-refractivity contribution in [1.29, 1.82) is 0 Å². The van der Waals surface area contributed by atoms with E-state index in [9.17, 15) is 4.79 Å². The van der Waals surface area contributed by atoms with Gasteiger partial charge in [-0.25, -0.2) is 4.79 Å². The molecule has 0 aromatic heterocycles. The lowest BCUT2D eigenvalue weighted by Gasteiger charge is -2.11. The second kappa shape index (κ2) is 8.77. The van der Waals surface area contributed by atoms with Gasteiger partial charge in [0.05, 0.1) is 5.56 Å². The molecule has 0 N–H and O–H groups in total. The predicted molar refractivity (Wildman–Crippen MR) is 82.9 cm³/mol. The van der Waals surface area contributed by atoms with Crippen molar-refractivity contribution in [3.8, 4) is 17.2 Å². The van der Waals surface area contributed by atoms with Gasteiger partial charge in [0.15, 0.2) is 13.6 Å². The topological polar surface area (TPSA) is 63.2 Å². The lowest BCUT2D eigenvalue weighted by atomic mass is 10.2. The van der Waals surface area contributed by atoms with E-state index in [1.54, 1.807) is 42.5 Å². The molecule has 0 fully saturated rings. The standard InChI is InChI=1S/C17H18O6/c1-19-11-21-15-8-13(9-16(10-15)22-12-20-2)17(18)23-14-6-4-3-5-7-14/h3-10H,11-12H2,1-2H3. The van der Waals surface area contributed by atoms with Gasteiger partial charge in [0.2, 0.25) is 0 Å². The first kappa shape index (κ1) is 16.8. The van der Waals surface area contributed by atoms with Crippen LogP contribution in [0.4, 0.5) is 0 Å². The van der Waals surface area contributed by atoms with E-state index in [4.69, 9.17) is 23.7 Å². The molecule has 0 unspecified atom stereocenters. The summed E-state index contributed by atoms with van der Waals surface area (Å²) in [5.41, 5.74) is 0.300. The van der Waals surface area contributed by atoms with Crippen LogP contribution in [0.25, 0.3) is 0 Å². The quantitative estimate of drug-likeness (QED) is 0.424. The molecule has 6 nitrogen and oxygen atoms in total. The van der Waals surface area contributed by atoms with Gasteiger partial charge < -0.3 is 23.7 Å². The summed E-state index contributed by atoms with van der Waals surface area (Å²) in [4.78, 5) is 12.3. The fourth-order valence-corrected chi connectivity index (χ4v) is 1.76. The molecule has 0 aliphatic rings. The number of para-hydroxylation sites is 1. The van der Waals surface area contributed by atoms with Gasteiger partial charge in [-0.1, -0.05) is 18.2 Å². The van der Waals surface area contributed by atoms with Crippen molar-refractivity contribution in [2.24, 2.45) is 0 Å². The number of methoxy groups -OCH3 is 2. The van der Waals surface area contributed by atoms with Crippen LogP contribution in [0, 0.1) is 0 Å². The van der Waals surface area contributed by atoms with Crippen molar-refractivity contribution < 1.29 is 28.5 Å². The lowest BCUT2D eigenvalue weighted by Crippen LogP contribution is -2.10. The Bertz CT molecular complexity index is 600. The van der Waals surface area contributed by atoms with Gasteiger partial charge in [0.25, 0.3) is 0 Å². The second-order valence-electron chi connectivity index (χ2n) is 4.50. The molecule has 0 bridgehead atoms. The maximum atomic E-state index is 12.3. The van der Waals surface area contributed by atoms with Gasteiger partial charge in [0, 0.05) is 20.3 Å². The SMILES string of the molecule is COCOc1cc(OCOC)cc(C(=O)Oc2ccccc2)c1. The summed E-state index contributed by atoms with van der Waals surface area (Å²) in [5, 5.41) is 0. The summed E-state index contributed by atoms with van der Waals surface area (Å²) < 4.78 is 25.8. The van der Waals surface area contributed by atoms with Crippen LogP contribution < -0.4 is 14.2 Å². The maximum Gasteiger partial charge on any atom is 0.343 e. The van der Waals surface area contributed by atoms with Crippen LogP contribution in [0.15, 0.2) is 48.5 Å².